The van der Waals surface area contributed by atoms with E-state index in [-0.39, 0.29) is 30.3 Å². The van der Waals surface area contributed by atoms with Gasteiger partial charge in [0.15, 0.2) is 5.96 Å². The third-order valence-electron chi connectivity index (χ3n) is 3.34. The summed E-state index contributed by atoms with van der Waals surface area (Å²) in [5, 5.41) is 12.2. The average molecular weight is 382 g/mol. The molecule has 4 N–H and O–H groups in total. The fourth-order valence-corrected chi connectivity index (χ4v) is 2.27. The quantitative estimate of drug-likeness (QED) is 0.448. The molecule has 0 radical (unpaired) electrons. The molecule has 0 saturated carbocycles. The number of amides is 2. The first-order chi connectivity index (χ1) is 12.1. The number of aliphatic imine (C=N–C) groups is 1. The maximum atomic E-state index is 12.0. The van der Waals surface area contributed by atoms with Crippen molar-refractivity contribution in [1.82, 2.24) is 16.0 Å². The van der Waals surface area contributed by atoms with E-state index in [2.05, 4.69) is 26.3 Å². The van der Waals surface area contributed by atoms with Gasteiger partial charge in [0.25, 0.3) is 0 Å². The molecule has 2 amide bonds. The number of rotatable bonds is 6. The van der Waals surface area contributed by atoms with E-state index >= 15 is 0 Å². The average Bonchev–Trinajstić information content (AvgIpc) is 2.53. The first kappa shape index (κ1) is 21.8. The third kappa shape index (κ3) is 8.20. The summed E-state index contributed by atoms with van der Waals surface area (Å²) < 4.78 is 0. The van der Waals surface area contributed by atoms with E-state index in [1.54, 1.807) is 25.2 Å². The third-order valence-corrected chi connectivity index (χ3v) is 3.75. The predicted octanol–water partition coefficient (Wildman–Crippen LogP) is 2.06. The lowest BCUT2D eigenvalue weighted by molar-refractivity contribution is -0.121. The minimum Gasteiger partial charge on any atom is -0.356 e. The van der Waals surface area contributed by atoms with E-state index in [1.807, 2.05) is 27.7 Å². The van der Waals surface area contributed by atoms with Crippen LogP contribution in [0.2, 0.25) is 5.02 Å². The molecule has 1 aromatic carbocycles. The summed E-state index contributed by atoms with van der Waals surface area (Å²) in [5.74, 6) is 0.194. The largest absolute Gasteiger partial charge is 0.356 e. The summed E-state index contributed by atoms with van der Waals surface area (Å²) in [6.45, 7) is 8.08. The van der Waals surface area contributed by atoms with Crippen molar-refractivity contribution in [1.29, 1.82) is 0 Å². The standard InChI is InChI=1S/C18H28ClN5O2/c1-12-13(19)7-6-8-14(12)23-15(25)9-10-21-17(20-5)22-11-16(26)24-18(2,3)4/h6-8H,9-11H2,1-5H3,(H,23,25)(H,24,26)(H2,20,21,22). The van der Waals surface area contributed by atoms with Crippen LogP contribution in [0.4, 0.5) is 5.69 Å². The van der Waals surface area contributed by atoms with Crippen molar-refractivity contribution in [3.05, 3.63) is 28.8 Å². The Balaban J connectivity index is 2.37. The van der Waals surface area contributed by atoms with Crippen molar-refractivity contribution in [3.8, 4) is 0 Å². The molecule has 0 aromatic heterocycles. The maximum absolute atomic E-state index is 12.0. The molecule has 0 aliphatic rings. The number of benzene rings is 1. The van der Waals surface area contributed by atoms with Crippen molar-refractivity contribution < 1.29 is 9.59 Å². The van der Waals surface area contributed by atoms with Gasteiger partial charge in [0.1, 0.15) is 0 Å². The van der Waals surface area contributed by atoms with Gasteiger partial charge in [0, 0.05) is 36.3 Å². The van der Waals surface area contributed by atoms with Gasteiger partial charge in [-0.3, -0.25) is 14.6 Å². The molecule has 26 heavy (non-hydrogen) atoms. The van der Waals surface area contributed by atoms with E-state index in [1.165, 1.54) is 0 Å². The first-order valence-corrected chi connectivity index (χ1v) is 8.80. The van der Waals surface area contributed by atoms with Gasteiger partial charge in [-0.25, -0.2) is 0 Å². The second-order valence-electron chi connectivity index (χ2n) is 6.86. The Morgan fingerprint density at radius 1 is 1.15 bits per heavy atom. The Morgan fingerprint density at radius 2 is 1.85 bits per heavy atom. The Kier molecular flexibility index (Phi) is 8.38. The number of nitrogens with zero attached hydrogens (tertiary/aromatic N) is 1. The van der Waals surface area contributed by atoms with E-state index in [4.69, 9.17) is 11.6 Å². The van der Waals surface area contributed by atoms with Gasteiger partial charge in [0.05, 0.1) is 6.54 Å². The van der Waals surface area contributed by atoms with Crippen molar-refractivity contribution >= 4 is 35.1 Å². The predicted molar refractivity (Wildman–Crippen MR) is 107 cm³/mol. The second kappa shape index (κ2) is 10.0. The van der Waals surface area contributed by atoms with Crippen molar-refractivity contribution in [3.63, 3.8) is 0 Å². The molecule has 0 aliphatic carbocycles. The molecule has 0 spiro atoms. The van der Waals surface area contributed by atoms with Crippen LogP contribution in [0, 0.1) is 6.92 Å². The van der Waals surface area contributed by atoms with Crippen LogP contribution in [0.25, 0.3) is 0 Å². The van der Waals surface area contributed by atoms with Crippen molar-refractivity contribution in [2.75, 3.05) is 25.5 Å². The molecular weight excluding hydrogens is 354 g/mol. The van der Waals surface area contributed by atoms with Crippen LogP contribution in [0.15, 0.2) is 23.2 Å². The number of hydrogen-bond acceptors (Lipinski definition) is 3. The lowest BCUT2D eigenvalue weighted by atomic mass is 10.1. The summed E-state index contributed by atoms with van der Waals surface area (Å²) in [6.07, 6.45) is 0.251. The Morgan fingerprint density at radius 3 is 2.46 bits per heavy atom. The monoisotopic (exact) mass is 381 g/mol. The highest BCUT2D eigenvalue weighted by Crippen LogP contribution is 2.22. The molecule has 0 atom stereocenters. The molecule has 0 saturated heterocycles. The Hall–Kier alpha value is -2.28. The maximum Gasteiger partial charge on any atom is 0.239 e. The molecule has 7 nitrogen and oxygen atoms in total. The van der Waals surface area contributed by atoms with Crippen LogP contribution in [0.5, 0.6) is 0 Å². The Bertz CT molecular complexity index is 668. The van der Waals surface area contributed by atoms with E-state index < -0.39 is 0 Å². The summed E-state index contributed by atoms with van der Waals surface area (Å²) in [6, 6.07) is 5.37. The number of halogens is 1. The number of nitrogens with one attached hydrogen (secondary N) is 4. The SMILES string of the molecule is CN=C(NCCC(=O)Nc1cccc(Cl)c1C)NCC(=O)NC(C)(C)C. The van der Waals surface area contributed by atoms with Crippen LogP contribution >= 0.6 is 11.6 Å². The summed E-state index contributed by atoms with van der Waals surface area (Å²) in [4.78, 5) is 27.9. The van der Waals surface area contributed by atoms with Gasteiger partial charge < -0.3 is 21.3 Å². The van der Waals surface area contributed by atoms with Gasteiger partial charge >= 0.3 is 0 Å². The topological polar surface area (TPSA) is 94.6 Å². The summed E-state index contributed by atoms with van der Waals surface area (Å²) >= 11 is 6.04. The Labute approximate surface area is 160 Å². The molecule has 1 aromatic rings. The highest BCUT2D eigenvalue weighted by Gasteiger charge is 2.13. The van der Waals surface area contributed by atoms with Crippen LogP contribution in [0.1, 0.15) is 32.8 Å². The van der Waals surface area contributed by atoms with Gasteiger partial charge in [-0.1, -0.05) is 17.7 Å². The number of carbonyl (C=O) groups is 2. The minimum atomic E-state index is -0.285. The molecule has 0 fully saturated rings. The number of guanidine groups is 1. The fourth-order valence-electron chi connectivity index (χ4n) is 2.10. The van der Waals surface area contributed by atoms with Gasteiger partial charge in [-0.2, -0.15) is 0 Å². The summed E-state index contributed by atoms with van der Waals surface area (Å²) in [7, 11) is 1.60. The van der Waals surface area contributed by atoms with E-state index in [0.717, 1.165) is 5.56 Å². The molecule has 8 heteroatoms. The zero-order valence-corrected chi connectivity index (χ0v) is 16.8. The molecular formula is C18H28ClN5O2. The second-order valence-corrected chi connectivity index (χ2v) is 7.27. The summed E-state index contributed by atoms with van der Waals surface area (Å²) in [5.41, 5.74) is 1.24. The zero-order valence-electron chi connectivity index (χ0n) is 16.0. The molecule has 0 aliphatic heterocycles. The van der Waals surface area contributed by atoms with Crippen LogP contribution in [-0.4, -0.2) is 43.5 Å². The minimum absolute atomic E-state index is 0.102. The van der Waals surface area contributed by atoms with E-state index in [0.29, 0.717) is 23.2 Å². The van der Waals surface area contributed by atoms with Crippen LogP contribution in [-0.2, 0) is 9.59 Å². The van der Waals surface area contributed by atoms with E-state index in [9.17, 15) is 9.59 Å². The number of hydrogen-bond donors (Lipinski definition) is 4. The van der Waals surface area contributed by atoms with Gasteiger partial charge in [-0.15, -0.1) is 0 Å². The molecule has 0 unspecified atom stereocenters. The number of carbonyl (C=O) groups excluding carboxylic acids is 2. The van der Waals surface area contributed by atoms with Gasteiger partial charge in [0.2, 0.25) is 11.8 Å². The normalized spacial score (nSPS) is 11.7. The lowest BCUT2D eigenvalue weighted by Crippen LogP contribution is -2.48. The van der Waals surface area contributed by atoms with Gasteiger partial charge in [-0.05, 0) is 45.4 Å². The first-order valence-electron chi connectivity index (χ1n) is 8.43. The van der Waals surface area contributed by atoms with Crippen LogP contribution in [0.3, 0.4) is 0 Å². The highest BCUT2D eigenvalue weighted by molar-refractivity contribution is 6.31. The number of anilines is 1. The van der Waals surface area contributed by atoms with Crippen molar-refractivity contribution in [2.45, 2.75) is 39.7 Å². The molecule has 0 bridgehead atoms. The lowest BCUT2D eigenvalue weighted by Gasteiger charge is -2.21. The highest BCUT2D eigenvalue weighted by atomic mass is 35.5. The fraction of sp³-hybridized carbons (Fsp3) is 0.500. The van der Waals surface area contributed by atoms with Crippen LogP contribution < -0.4 is 21.3 Å². The smallest absolute Gasteiger partial charge is 0.239 e. The van der Waals surface area contributed by atoms with Crippen molar-refractivity contribution in [2.24, 2.45) is 4.99 Å². The molecule has 0 heterocycles. The zero-order chi connectivity index (χ0) is 19.7. The molecule has 144 valence electrons. The molecule has 1 rings (SSSR count).